The van der Waals surface area contributed by atoms with Crippen LogP contribution in [0.3, 0.4) is 0 Å². The molecule has 7 nitrogen and oxygen atoms in total. The van der Waals surface area contributed by atoms with Crippen molar-refractivity contribution >= 4 is 66.7 Å². The second-order valence-electron chi connectivity index (χ2n) is 7.73. The van der Waals surface area contributed by atoms with Crippen LogP contribution < -0.4 is 9.62 Å². The van der Waals surface area contributed by atoms with Crippen LogP contribution >= 0.6 is 39.1 Å². The molecule has 0 unspecified atom stereocenters. The molecule has 0 aliphatic carbocycles. The summed E-state index contributed by atoms with van der Waals surface area (Å²) in [5.74, 6) is -0.815. The molecule has 1 atom stereocenters. The second-order valence-corrected chi connectivity index (χ2v) is 11.4. The van der Waals surface area contributed by atoms with Gasteiger partial charge < -0.3 is 10.2 Å². The zero-order chi connectivity index (χ0) is 25.5. The molecular formula is C23H28BrCl2N3O4S. The predicted octanol–water partition coefficient (Wildman–Crippen LogP) is 4.86. The van der Waals surface area contributed by atoms with E-state index in [1.165, 1.54) is 4.90 Å². The maximum absolute atomic E-state index is 13.5. The number of nitrogens with one attached hydrogen (secondary N) is 1. The molecule has 0 saturated carbocycles. The van der Waals surface area contributed by atoms with Crippen LogP contribution in [0, 0.1) is 0 Å². The fourth-order valence-electron chi connectivity index (χ4n) is 3.34. The highest BCUT2D eigenvalue weighted by Crippen LogP contribution is 2.25. The molecule has 2 rings (SSSR count). The van der Waals surface area contributed by atoms with E-state index < -0.39 is 28.5 Å². The van der Waals surface area contributed by atoms with E-state index in [1.807, 2.05) is 6.92 Å². The average molecular weight is 593 g/mol. The van der Waals surface area contributed by atoms with E-state index in [9.17, 15) is 18.0 Å². The predicted molar refractivity (Wildman–Crippen MR) is 141 cm³/mol. The molecule has 2 aromatic rings. The number of halogens is 3. The molecule has 0 fully saturated rings. The summed E-state index contributed by atoms with van der Waals surface area (Å²) in [6, 6.07) is 10.8. The minimum Gasteiger partial charge on any atom is -0.354 e. The van der Waals surface area contributed by atoms with E-state index in [-0.39, 0.29) is 12.5 Å². The zero-order valence-corrected chi connectivity index (χ0v) is 23.1. The van der Waals surface area contributed by atoms with E-state index in [0.717, 1.165) is 21.5 Å². The van der Waals surface area contributed by atoms with Crippen molar-refractivity contribution < 1.29 is 18.0 Å². The number of benzene rings is 2. The number of rotatable bonds is 11. The Kier molecular flexibility index (Phi) is 10.7. The Morgan fingerprint density at radius 2 is 1.71 bits per heavy atom. The number of amides is 2. The van der Waals surface area contributed by atoms with Crippen LogP contribution in [0.1, 0.15) is 32.3 Å². The zero-order valence-electron chi connectivity index (χ0n) is 19.2. The van der Waals surface area contributed by atoms with Gasteiger partial charge in [0, 0.05) is 17.6 Å². The summed E-state index contributed by atoms with van der Waals surface area (Å²) in [6.45, 7) is 3.81. The lowest BCUT2D eigenvalue weighted by molar-refractivity contribution is -0.140. The average Bonchev–Trinajstić information content (AvgIpc) is 2.78. The molecule has 0 heterocycles. The van der Waals surface area contributed by atoms with E-state index in [1.54, 1.807) is 49.4 Å². The molecule has 34 heavy (non-hydrogen) atoms. The Labute approximate surface area is 219 Å². The third-order valence-corrected chi connectivity index (χ3v) is 7.47. The first-order chi connectivity index (χ1) is 16.0. The van der Waals surface area contributed by atoms with Gasteiger partial charge in [-0.2, -0.15) is 0 Å². The van der Waals surface area contributed by atoms with Gasteiger partial charge in [0.1, 0.15) is 12.6 Å². The van der Waals surface area contributed by atoms with E-state index in [0.29, 0.717) is 34.3 Å². The Bertz CT molecular complexity index is 1110. The minimum absolute atomic E-state index is 0.0612. The maximum atomic E-state index is 13.5. The molecule has 0 spiro atoms. The van der Waals surface area contributed by atoms with Gasteiger partial charge in [0.2, 0.25) is 21.8 Å². The number of carbonyl (C=O) groups excluding carboxylic acids is 2. The summed E-state index contributed by atoms with van der Waals surface area (Å²) in [5, 5.41) is 3.52. The van der Waals surface area contributed by atoms with E-state index in [4.69, 9.17) is 23.2 Å². The summed E-state index contributed by atoms with van der Waals surface area (Å²) < 4.78 is 26.9. The monoisotopic (exact) mass is 591 g/mol. The van der Waals surface area contributed by atoms with Gasteiger partial charge in [-0.25, -0.2) is 8.42 Å². The summed E-state index contributed by atoms with van der Waals surface area (Å²) in [7, 11) is -3.78. The molecular weight excluding hydrogens is 565 g/mol. The van der Waals surface area contributed by atoms with E-state index >= 15 is 0 Å². The van der Waals surface area contributed by atoms with Crippen molar-refractivity contribution in [2.75, 3.05) is 23.7 Å². The van der Waals surface area contributed by atoms with Gasteiger partial charge in [-0.15, -0.1) is 0 Å². The molecule has 0 saturated heterocycles. The third kappa shape index (κ3) is 7.86. The Morgan fingerprint density at radius 1 is 1.06 bits per heavy atom. The molecule has 0 radical (unpaired) electrons. The number of sulfonamides is 1. The molecule has 0 aliphatic heterocycles. The summed E-state index contributed by atoms with van der Waals surface area (Å²) >= 11 is 15.5. The van der Waals surface area contributed by atoms with Gasteiger partial charge >= 0.3 is 0 Å². The van der Waals surface area contributed by atoms with Crippen molar-refractivity contribution in [3.8, 4) is 0 Å². The largest absolute Gasteiger partial charge is 0.354 e. The van der Waals surface area contributed by atoms with Crippen molar-refractivity contribution in [2.24, 2.45) is 0 Å². The van der Waals surface area contributed by atoms with Crippen LogP contribution in [0.2, 0.25) is 10.0 Å². The van der Waals surface area contributed by atoms with Crippen LogP contribution in [0.4, 0.5) is 5.69 Å². The number of hydrogen-bond donors (Lipinski definition) is 1. The topological polar surface area (TPSA) is 86.8 Å². The number of carbonyl (C=O) groups is 2. The van der Waals surface area contributed by atoms with Crippen molar-refractivity contribution in [3.05, 3.63) is 62.5 Å². The van der Waals surface area contributed by atoms with E-state index in [2.05, 4.69) is 21.2 Å². The highest BCUT2D eigenvalue weighted by atomic mass is 79.9. The SMILES string of the molecule is CCCNC(=O)[C@H](CC)N(Cc1ccc(Cl)c(Cl)c1)C(=O)CN(c1ccc(Br)cc1)S(C)(=O)=O. The molecule has 0 aliphatic rings. The van der Waals surface area contributed by atoms with Crippen LogP contribution in [-0.4, -0.2) is 50.5 Å². The maximum Gasteiger partial charge on any atom is 0.244 e. The van der Waals surface area contributed by atoms with Crippen LogP contribution in [0.15, 0.2) is 46.9 Å². The first-order valence-electron chi connectivity index (χ1n) is 10.7. The Morgan fingerprint density at radius 3 is 2.24 bits per heavy atom. The summed E-state index contributed by atoms with van der Waals surface area (Å²) in [4.78, 5) is 27.8. The molecule has 11 heteroatoms. The highest BCUT2D eigenvalue weighted by molar-refractivity contribution is 9.10. The van der Waals surface area contributed by atoms with Crippen molar-refractivity contribution in [3.63, 3.8) is 0 Å². The minimum atomic E-state index is -3.78. The fourth-order valence-corrected chi connectivity index (χ4v) is 4.78. The molecule has 2 amide bonds. The standard InChI is InChI=1S/C23H28BrCl2N3O4S/c1-4-12-27-23(31)21(5-2)28(14-16-6-11-19(25)20(26)13-16)22(30)15-29(34(3,32)33)18-9-7-17(24)8-10-18/h6-11,13,21H,4-5,12,14-15H2,1-3H3,(H,27,31)/t21-/m0/s1. The van der Waals surface area contributed by atoms with Gasteiger partial charge in [-0.3, -0.25) is 13.9 Å². The second kappa shape index (κ2) is 12.8. The van der Waals surface area contributed by atoms with Crippen molar-refractivity contribution in [2.45, 2.75) is 39.3 Å². The first kappa shape index (κ1) is 28.4. The smallest absolute Gasteiger partial charge is 0.244 e. The molecule has 0 bridgehead atoms. The van der Waals surface area contributed by atoms with Crippen LogP contribution in [0.5, 0.6) is 0 Å². The molecule has 2 aromatic carbocycles. The molecule has 186 valence electrons. The van der Waals surface area contributed by atoms with Gasteiger partial charge in [-0.1, -0.05) is 59.0 Å². The number of anilines is 1. The third-order valence-electron chi connectivity index (χ3n) is 5.07. The first-order valence-corrected chi connectivity index (χ1v) is 14.1. The lowest BCUT2D eigenvalue weighted by atomic mass is 10.1. The van der Waals surface area contributed by atoms with Gasteiger partial charge in [-0.05, 0) is 54.8 Å². The van der Waals surface area contributed by atoms with Gasteiger partial charge in [0.15, 0.2) is 0 Å². The lowest BCUT2D eigenvalue weighted by Gasteiger charge is -2.33. The molecule has 1 N–H and O–H groups in total. The van der Waals surface area contributed by atoms with Crippen LogP contribution in [-0.2, 0) is 26.2 Å². The lowest BCUT2D eigenvalue weighted by Crippen LogP contribution is -2.52. The molecule has 0 aromatic heterocycles. The Hall–Kier alpha value is -1.81. The quantitative estimate of drug-likeness (QED) is 0.404. The normalized spacial score (nSPS) is 12.2. The summed E-state index contributed by atoms with van der Waals surface area (Å²) in [6.07, 6.45) is 2.13. The van der Waals surface area contributed by atoms with Gasteiger partial charge in [0.05, 0.1) is 22.0 Å². The number of nitrogens with zero attached hydrogens (tertiary/aromatic N) is 2. The number of hydrogen-bond acceptors (Lipinski definition) is 4. The summed E-state index contributed by atoms with van der Waals surface area (Å²) in [5.41, 5.74) is 1.01. The fraction of sp³-hybridized carbons (Fsp3) is 0.391. The highest BCUT2D eigenvalue weighted by Gasteiger charge is 2.31. The van der Waals surface area contributed by atoms with Crippen molar-refractivity contribution in [1.29, 1.82) is 0 Å². The van der Waals surface area contributed by atoms with Crippen molar-refractivity contribution in [1.82, 2.24) is 10.2 Å². The van der Waals surface area contributed by atoms with Crippen LogP contribution in [0.25, 0.3) is 0 Å². The Balaban J connectivity index is 2.43. The van der Waals surface area contributed by atoms with Gasteiger partial charge in [0.25, 0.3) is 0 Å².